The molecule has 0 heterocycles. The number of methoxy groups -OCH3 is 1. The molecule has 0 saturated heterocycles. The Kier molecular flexibility index (Phi) is 7.13. The van der Waals surface area contributed by atoms with Crippen LogP contribution >= 0.6 is 31.9 Å². The molecule has 1 aromatic rings. The monoisotopic (exact) mass is 395 g/mol. The second-order valence-electron chi connectivity index (χ2n) is 4.44. The van der Waals surface area contributed by atoms with Crippen LogP contribution in [0.25, 0.3) is 0 Å². The van der Waals surface area contributed by atoms with Crippen molar-refractivity contribution < 1.29 is 14.6 Å². The predicted molar refractivity (Wildman–Crippen MR) is 83.0 cm³/mol. The van der Waals surface area contributed by atoms with Crippen LogP contribution in [-0.2, 0) is 0 Å². The van der Waals surface area contributed by atoms with Crippen molar-refractivity contribution in [3.8, 4) is 11.5 Å². The van der Waals surface area contributed by atoms with Gasteiger partial charge in [0.1, 0.15) is 24.2 Å². The summed E-state index contributed by atoms with van der Waals surface area (Å²) in [4.78, 5) is 0. The van der Waals surface area contributed by atoms with E-state index in [9.17, 15) is 5.11 Å². The normalized spacial score (nSPS) is 12.6. The molecule has 1 unspecified atom stereocenters. The van der Waals surface area contributed by atoms with Crippen molar-refractivity contribution in [2.24, 2.45) is 0 Å². The zero-order chi connectivity index (χ0) is 14.4. The number of rotatable bonds is 7. The molecule has 0 fully saturated rings. The number of hydrogen-bond acceptors (Lipinski definition) is 4. The lowest BCUT2D eigenvalue weighted by Crippen LogP contribution is -2.35. The number of hydrogen-bond donors (Lipinski definition) is 2. The topological polar surface area (TPSA) is 50.7 Å². The number of aliphatic hydroxyl groups excluding tert-OH is 1. The van der Waals surface area contributed by atoms with Gasteiger partial charge in [-0.2, -0.15) is 0 Å². The van der Waals surface area contributed by atoms with Gasteiger partial charge in [-0.05, 0) is 44.0 Å². The van der Waals surface area contributed by atoms with Crippen LogP contribution in [0.4, 0.5) is 0 Å². The lowest BCUT2D eigenvalue weighted by Gasteiger charge is -2.16. The van der Waals surface area contributed by atoms with Crippen LogP contribution in [0.15, 0.2) is 21.1 Å². The molecule has 0 radical (unpaired) electrons. The van der Waals surface area contributed by atoms with Crippen molar-refractivity contribution in [1.82, 2.24) is 5.32 Å². The minimum atomic E-state index is -0.546. The molecular formula is C13H19Br2NO3. The maximum atomic E-state index is 9.78. The molecule has 0 aliphatic heterocycles. The van der Waals surface area contributed by atoms with E-state index in [4.69, 9.17) is 9.47 Å². The average Bonchev–Trinajstić information content (AvgIpc) is 2.36. The smallest absolute Gasteiger partial charge is 0.135 e. The van der Waals surface area contributed by atoms with Crippen molar-refractivity contribution in [1.29, 1.82) is 0 Å². The first-order valence-corrected chi connectivity index (χ1v) is 7.60. The Labute approximate surface area is 130 Å². The van der Waals surface area contributed by atoms with E-state index < -0.39 is 6.10 Å². The maximum absolute atomic E-state index is 9.78. The fourth-order valence-corrected chi connectivity index (χ4v) is 2.32. The van der Waals surface area contributed by atoms with Gasteiger partial charge in [-0.3, -0.25) is 0 Å². The summed E-state index contributed by atoms with van der Waals surface area (Å²) in [5, 5.41) is 12.9. The molecule has 19 heavy (non-hydrogen) atoms. The van der Waals surface area contributed by atoms with Gasteiger partial charge in [-0.15, -0.1) is 0 Å². The fraction of sp³-hybridized carbons (Fsp3) is 0.538. The van der Waals surface area contributed by atoms with Gasteiger partial charge in [-0.25, -0.2) is 0 Å². The maximum Gasteiger partial charge on any atom is 0.135 e. The van der Waals surface area contributed by atoms with Crippen molar-refractivity contribution in [2.45, 2.75) is 26.0 Å². The van der Waals surface area contributed by atoms with E-state index in [1.54, 1.807) is 7.11 Å². The Morgan fingerprint density at radius 1 is 1.21 bits per heavy atom. The Bertz CT molecular complexity index is 413. The van der Waals surface area contributed by atoms with Crippen molar-refractivity contribution >= 4 is 31.9 Å². The highest BCUT2D eigenvalue weighted by atomic mass is 79.9. The number of nitrogens with one attached hydrogen (secondary N) is 1. The van der Waals surface area contributed by atoms with Crippen molar-refractivity contribution in [3.63, 3.8) is 0 Å². The molecule has 0 aromatic heterocycles. The van der Waals surface area contributed by atoms with Crippen LogP contribution in [0, 0.1) is 0 Å². The Morgan fingerprint density at radius 2 is 1.79 bits per heavy atom. The molecule has 0 saturated carbocycles. The molecule has 0 aliphatic rings. The first kappa shape index (κ1) is 16.8. The molecular weight excluding hydrogens is 378 g/mol. The van der Waals surface area contributed by atoms with E-state index in [0.29, 0.717) is 18.3 Å². The highest BCUT2D eigenvalue weighted by Crippen LogP contribution is 2.35. The summed E-state index contributed by atoms with van der Waals surface area (Å²) in [6.07, 6.45) is -0.546. The van der Waals surface area contributed by atoms with Crippen molar-refractivity contribution in [2.75, 3.05) is 20.3 Å². The highest BCUT2D eigenvalue weighted by molar-refractivity contribution is 9.11. The van der Waals surface area contributed by atoms with Gasteiger partial charge in [0.15, 0.2) is 0 Å². The highest BCUT2D eigenvalue weighted by Gasteiger charge is 2.11. The average molecular weight is 397 g/mol. The molecule has 1 atom stereocenters. The molecule has 6 heteroatoms. The van der Waals surface area contributed by atoms with E-state index >= 15 is 0 Å². The first-order chi connectivity index (χ1) is 8.93. The van der Waals surface area contributed by atoms with E-state index in [-0.39, 0.29) is 6.61 Å². The second-order valence-corrected chi connectivity index (χ2v) is 6.15. The van der Waals surface area contributed by atoms with Crippen molar-refractivity contribution in [3.05, 3.63) is 21.1 Å². The van der Waals surface area contributed by atoms with Gasteiger partial charge < -0.3 is 19.9 Å². The van der Waals surface area contributed by atoms with Crippen LogP contribution in [-0.4, -0.2) is 37.5 Å². The largest absolute Gasteiger partial charge is 0.496 e. The van der Waals surface area contributed by atoms with Gasteiger partial charge in [-0.1, -0.05) is 13.8 Å². The summed E-state index contributed by atoms with van der Waals surface area (Å²) in [5.74, 6) is 1.39. The van der Waals surface area contributed by atoms with E-state index in [1.807, 2.05) is 26.0 Å². The van der Waals surface area contributed by atoms with E-state index in [0.717, 1.165) is 14.7 Å². The van der Waals surface area contributed by atoms with Crippen LogP contribution < -0.4 is 14.8 Å². The second kappa shape index (κ2) is 8.09. The van der Waals surface area contributed by atoms with E-state index in [2.05, 4.69) is 37.2 Å². The van der Waals surface area contributed by atoms with Crippen LogP contribution in [0.3, 0.4) is 0 Å². The Balaban J connectivity index is 2.55. The lowest BCUT2D eigenvalue weighted by molar-refractivity contribution is 0.104. The molecule has 108 valence electrons. The number of halogens is 2. The predicted octanol–water partition coefficient (Wildman–Crippen LogP) is 2.96. The number of aliphatic hydroxyl groups is 1. The summed E-state index contributed by atoms with van der Waals surface area (Å²) in [7, 11) is 1.61. The quantitative estimate of drug-likeness (QED) is 0.743. The first-order valence-electron chi connectivity index (χ1n) is 6.01. The van der Waals surface area contributed by atoms with Gasteiger partial charge >= 0.3 is 0 Å². The van der Waals surface area contributed by atoms with Gasteiger partial charge in [0.25, 0.3) is 0 Å². The number of benzene rings is 1. The number of ether oxygens (including phenoxy) is 2. The fourth-order valence-electron chi connectivity index (χ4n) is 1.39. The third-order valence-corrected chi connectivity index (χ3v) is 3.64. The summed E-state index contributed by atoms with van der Waals surface area (Å²) in [6.45, 7) is 4.80. The summed E-state index contributed by atoms with van der Waals surface area (Å²) >= 11 is 6.81. The molecule has 4 nitrogen and oxygen atoms in total. The third-order valence-electron chi connectivity index (χ3n) is 2.40. The molecule has 0 amide bonds. The van der Waals surface area contributed by atoms with Gasteiger partial charge in [0.2, 0.25) is 0 Å². The van der Waals surface area contributed by atoms with Gasteiger partial charge in [0.05, 0.1) is 16.1 Å². The standard InChI is InChI=1S/C13H19Br2NO3/c1-8(2)16-6-9(17)7-19-13-5-10(14)12(18-3)4-11(13)15/h4-5,8-9,16-17H,6-7H2,1-3H3. The van der Waals surface area contributed by atoms with Crippen LogP contribution in [0.2, 0.25) is 0 Å². The van der Waals surface area contributed by atoms with Crippen LogP contribution in [0.5, 0.6) is 11.5 Å². The van der Waals surface area contributed by atoms with Crippen LogP contribution in [0.1, 0.15) is 13.8 Å². The SMILES string of the molecule is COc1cc(Br)c(OCC(O)CNC(C)C)cc1Br. The molecule has 0 aliphatic carbocycles. The summed E-state index contributed by atoms with van der Waals surface area (Å²) < 4.78 is 12.4. The Hall–Kier alpha value is -0.300. The molecule has 1 aromatic carbocycles. The molecule has 0 spiro atoms. The summed E-state index contributed by atoms with van der Waals surface area (Å²) in [5.41, 5.74) is 0. The molecule has 1 rings (SSSR count). The molecule has 0 bridgehead atoms. The summed E-state index contributed by atoms with van der Waals surface area (Å²) in [6, 6.07) is 3.97. The van der Waals surface area contributed by atoms with Gasteiger partial charge in [0, 0.05) is 12.6 Å². The zero-order valence-electron chi connectivity index (χ0n) is 11.2. The minimum absolute atomic E-state index is 0.233. The lowest BCUT2D eigenvalue weighted by atomic mass is 10.3. The molecule has 2 N–H and O–H groups in total. The van der Waals surface area contributed by atoms with E-state index in [1.165, 1.54) is 0 Å². The Morgan fingerprint density at radius 3 is 2.37 bits per heavy atom. The minimum Gasteiger partial charge on any atom is -0.496 e. The zero-order valence-corrected chi connectivity index (χ0v) is 14.4. The third kappa shape index (κ3) is 5.69.